The highest BCUT2D eigenvalue weighted by molar-refractivity contribution is 7.80. The fourth-order valence-corrected chi connectivity index (χ4v) is 2.74. The monoisotopic (exact) mass is 331 g/mol. The van der Waals surface area contributed by atoms with E-state index in [1.165, 1.54) is 4.90 Å². The third-order valence-electron chi connectivity index (χ3n) is 3.38. The third-order valence-corrected chi connectivity index (χ3v) is 3.87. The fraction of sp³-hybridized carbons (Fsp3) is 1.00. The van der Waals surface area contributed by atoms with Gasteiger partial charge in [0.25, 0.3) is 0 Å². The number of aliphatic hydroxyl groups excluding tert-OH is 5. The van der Waals surface area contributed by atoms with E-state index in [2.05, 4.69) is 4.18 Å². The Morgan fingerprint density at radius 3 is 2.33 bits per heavy atom. The summed E-state index contributed by atoms with van der Waals surface area (Å²) in [6.07, 6.45) is -5.07. The molecular formula is C10H21NO9S. The van der Waals surface area contributed by atoms with Crippen molar-refractivity contribution in [2.75, 3.05) is 26.3 Å². The molecule has 21 heavy (non-hydrogen) atoms. The molecule has 6 N–H and O–H groups in total. The van der Waals surface area contributed by atoms with Crippen LogP contribution in [-0.4, -0.2) is 100 Å². The predicted molar refractivity (Wildman–Crippen MR) is 68.6 cm³/mol. The Hall–Kier alpha value is -0.370. The van der Waals surface area contributed by atoms with Gasteiger partial charge in [-0.3, -0.25) is 9.45 Å². The SMILES string of the molecule is O=S(=O)(O)O[C@H](CO)[C@@H](O)CN1C[C@@H](O)[C@@H](O)C[C@H]1CO. The molecule has 1 aliphatic heterocycles. The van der Waals surface area contributed by atoms with Gasteiger partial charge in [-0.1, -0.05) is 0 Å². The molecule has 1 aliphatic rings. The van der Waals surface area contributed by atoms with Crippen molar-refractivity contribution in [2.45, 2.75) is 36.9 Å². The average molecular weight is 331 g/mol. The molecule has 11 heteroatoms. The van der Waals surface area contributed by atoms with E-state index in [1.807, 2.05) is 0 Å². The summed E-state index contributed by atoms with van der Waals surface area (Å²) in [5, 5.41) is 47.2. The van der Waals surface area contributed by atoms with Crippen LogP contribution in [0.4, 0.5) is 0 Å². The summed E-state index contributed by atoms with van der Waals surface area (Å²) in [6, 6.07) is -0.539. The number of piperidine rings is 1. The second kappa shape index (κ2) is 7.76. The van der Waals surface area contributed by atoms with Crippen LogP contribution >= 0.6 is 0 Å². The Morgan fingerprint density at radius 1 is 1.24 bits per heavy atom. The maximum absolute atomic E-state index is 10.6. The molecule has 0 aromatic carbocycles. The van der Waals surface area contributed by atoms with Gasteiger partial charge in [0, 0.05) is 19.1 Å². The second-order valence-electron chi connectivity index (χ2n) is 4.97. The van der Waals surface area contributed by atoms with Crippen molar-refractivity contribution in [2.24, 2.45) is 0 Å². The molecular weight excluding hydrogens is 310 g/mol. The Balaban J connectivity index is 2.68. The Bertz CT molecular complexity index is 417. The van der Waals surface area contributed by atoms with Crippen LogP contribution in [0.15, 0.2) is 0 Å². The van der Waals surface area contributed by atoms with E-state index in [-0.39, 0.29) is 26.1 Å². The zero-order valence-electron chi connectivity index (χ0n) is 11.2. The van der Waals surface area contributed by atoms with Gasteiger partial charge in [0.05, 0.1) is 31.5 Å². The van der Waals surface area contributed by atoms with Crippen LogP contribution in [0.25, 0.3) is 0 Å². The molecule has 0 unspecified atom stereocenters. The largest absolute Gasteiger partial charge is 0.397 e. The zero-order chi connectivity index (χ0) is 16.2. The number of hydrogen-bond donors (Lipinski definition) is 6. The number of rotatable bonds is 7. The first kappa shape index (κ1) is 18.7. The van der Waals surface area contributed by atoms with Gasteiger partial charge in [-0.2, -0.15) is 8.42 Å². The fourth-order valence-electron chi connectivity index (χ4n) is 2.24. The van der Waals surface area contributed by atoms with Crippen LogP contribution in [-0.2, 0) is 14.6 Å². The van der Waals surface area contributed by atoms with Crippen LogP contribution in [0.2, 0.25) is 0 Å². The van der Waals surface area contributed by atoms with Crippen LogP contribution < -0.4 is 0 Å². The molecule has 0 spiro atoms. The van der Waals surface area contributed by atoms with Crippen LogP contribution in [0.5, 0.6) is 0 Å². The molecule has 1 heterocycles. The summed E-state index contributed by atoms with van der Waals surface area (Å²) in [7, 11) is -4.84. The van der Waals surface area contributed by atoms with Crippen LogP contribution in [0.1, 0.15) is 6.42 Å². The summed E-state index contributed by atoms with van der Waals surface area (Å²) in [5.74, 6) is 0. The standard InChI is InChI=1S/C10H21NO9S/c12-4-6-1-7(14)8(15)2-11(6)3-9(16)10(5-13)20-21(17,18)19/h6-10,12-16H,1-5H2,(H,17,18,19)/t6-,7-,8+,9-,10+/m0/s1. The first-order chi connectivity index (χ1) is 9.67. The van der Waals surface area contributed by atoms with Crippen molar-refractivity contribution in [1.29, 1.82) is 0 Å². The van der Waals surface area contributed by atoms with Crippen molar-refractivity contribution in [1.82, 2.24) is 4.90 Å². The number of nitrogens with zero attached hydrogens (tertiary/aromatic N) is 1. The molecule has 1 fully saturated rings. The molecule has 0 aromatic heterocycles. The van der Waals surface area contributed by atoms with Gasteiger partial charge < -0.3 is 25.5 Å². The van der Waals surface area contributed by atoms with E-state index in [4.69, 9.17) is 9.66 Å². The van der Waals surface area contributed by atoms with Crippen molar-refractivity contribution in [3.8, 4) is 0 Å². The first-order valence-electron chi connectivity index (χ1n) is 6.33. The van der Waals surface area contributed by atoms with Crippen LogP contribution in [0.3, 0.4) is 0 Å². The minimum absolute atomic E-state index is 0.0481. The lowest BCUT2D eigenvalue weighted by molar-refractivity contribution is -0.0918. The third kappa shape index (κ3) is 5.73. The van der Waals surface area contributed by atoms with Gasteiger partial charge in [-0.15, -0.1) is 0 Å². The normalized spacial score (nSPS) is 31.0. The lowest BCUT2D eigenvalue weighted by Gasteiger charge is -2.41. The Morgan fingerprint density at radius 2 is 1.86 bits per heavy atom. The quantitative estimate of drug-likeness (QED) is 0.255. The van der Waals surface area contributed by atoms with Gasteiger partial charge in [0.1, 0.15) is 6.10 Å². The maximum atomic E-state index is 10.6. The van der Waals surface area contributed by atoms with Crippen LogP contribution in [0, 0.1) is 0 Å². The highest BCUT2D eigenvalue weighted by Crippen LogP contribution is 2.19. The van der Waals surface area contributed by atoms with Gasteiger partial charge in [0.15, 0.2) is 0 Å². The molecule has 0 aromatic rings. The molecule has 1 rings (SSSR count). The van der Waals surface area contributed by atoms with E-state index in [1.54, 1.807) is 0 Å². The molecule has 126 valence electrons. The molecule has 5 atom stereocenters. The van der Waals surface area contributed by atoms with E-state index in [0.717, 1.165) is 0 Å². The lowest BCUT2D eigenvalue weighted by atomic mass is 9.97. The van der Waals surface area contributed by atoms with Crippen molar-refractivity contribution in [3.63, 3.8) is 0 Å². The summed E-state index contributed by atoms with van der Waals surface area (Å²) in [4.78, 5) is 1.44. The highest BCUT2D eigenvalue weighted by Gasteiger charge is 2.36. The van der Waals surface area contributed by atoms with E-state index in [0.29, 0.717) is 0 Å². The zero-order valence-corrected chi connectivity index (χ0v) is 12.0. The molecule has 10 nitrogen and oxygen atoms in total. The van der Waals surface area contributed by atoms with Crippen molar-refractivity contribution < 1.29 is 42.7 Å². The summed E-state index contributed by atoms with van der Waals surface area (Å²) in [6.45, 7) is -1.47. The average Bonchev–Trinajstić information content (AvgIpc) is 2.38. The highest BCUT2D eigenvalue weighted by atomic mass is 32.3. The first-order valence-corrected chi connectivity index (χ1v) is 7.70. The van der Waals surface area contributed by atoms with Gasteiger partial charge in [-0.25, -0.2) is 4.18 Å². The second-order valence-corrected chi connectivity index (χ2v) is 6.02. The predicted octanol–water partition coefficient (Wildman–Crippen LogP) is -3.68. The van der Waals surface area contributed by atoms with Crippen molar-refractivity contribution >= 4 is 10.4 Å². The number of likely N-dealkylation sites (tertiary alicyclic amines) is 1. The molecule has 0 radical (unpaired) electrons. The smallest absolute Gasteiger partial charge is 0.395 e. The van der Waals surface area contributed by atoms with E-state index in [9.17, 15) is 28.8 Å². The number of aliphatic hydroxyl groups is 5. The molecule has 0 saturated carbocycles. The minimum atomic E-state index is -4.84. The van der Waals surface area contributed by atoms with E-state index < -0.39 is 47.5 Å². The molecule has 0 bridgehead atoms. The molecule has 0 amide bonds. The van der Waals surface area contributed by atoms with Gasteiger partial charge in [-0.05, 0) is 6.42 Å². The lowest BCUT2D eigenvalue weighted by Crippen LogP contribution is -2.56. The topological polar surface area (TPSA) is 168 Å². The van der Waals surface area contributed by atoms with Crippen molar-refractivity contribution in [3.05, 3.63) is 0 Å². The molecule has 0 aliphatic carbocycles. The Labute approximate surface area is 122 Å². The number of hydrogen-bond acceptors (Lipinski definition) is 9. The van der Waals surface area contributed by atoms with E-state index >= 15 is 0 Å². The minimum Gasteiger partial charge on any atom is -0.395 e. The van der Waals surface area contributed by atoms with Gasteiger partial charge in [0.2, 0.25) is 0 Å². The summed E-state index contributed by atoms with van der Waals surface area (Å²) < 4.78 is 33.9. The maximum Gasteiger partial charge on any atom is 0.397 e. The summed E-state index contributed by atoms with van der Waals surface area (Å²) in [5.41, 5.74) is 0. The summed E-state index contributed by atoms with van der Waals surface area (Å²) >= 11 is 0. The number of β-amino-alcohol motifs (C(OH)–C–C–N with tert-alkyl or cyclic N) is 2. The van der Waals surface area contributed by atoms with Gasteiger partial charge >= 0.3 is 10.4 Å². The molecule has 1 saturated heterocycles. The Kier molecular flexibility index (Phi) is 6.90.